The summed E-state index contributed by atoms with van der Waals surface area (Å²) in [5.41, 5.74) is 0.690. The quantitative estimate of drug-likeness (QED) is 0.835. The highest BCUT2D eigenvalue weighted by Gasteiger charge is 2.21. The Bertz CT molecular complexity index is 339. The first-order valence-corrected chi connectivity index (χ1v) is 4.55. The minimum absolute atomic E-state index is 0.551. The number of nitrogens with zero attached hydrogens (tertiary/aromatic N) is 1. The van der Waals surface area contributed by atoms with Gasteiger partial charge in [-0.1, -0.05) is 23.7 Å². The molecule has 0 aromatic heterocycles. The molecule has 1 aromatic rings. The van der Waals surface area contributed by atoms with Gasteiger partial charge in [0.15, 0.2) is 0 Å². The summed E-state index contributed by atoms with van der Waals surface area (Å²) in [6.07, 6.45) is 0. The van der Waals surface area contributed by atoms with Crippen LogP contribution in [0, 0.1) is 0 Å². The molecule has 76 valence electrons. The molecule has 0 aliphatic carbocycles. The minimum Gasteiger partial charge on any atom is -0.480 e. The lowest BCUT2D eigenvalue weighted by atomic mass is 10.1. The van der Waals surface area contributed by atoms with Crippen LogP contribution in [0.1, 0.15) is 11.6 Å². The Labute approximate surface area is 87.9 Å². The summed E-state index contributed by atoms with van der Waals surface area (Å²) in [6, 6.07) is 6.25. The average molecular weight is 214 g/mol. The van der Waals surface area contributed by atoms with E-state index in [-0.39, 0.29) is 0 Å². The topological polar surface area (TPSA) is 40.5 Å². The molecule has 0 unspecified atom stereocenters. The number of hydrogen-bond donors (Lipinski definition) is 1. The van der Waals surface area contributed by atoms with Gasteiger partial charge in [0, 0.05) is 5.02 Å². The first kappa shape index (κ1) is 11.0. The van der Waals surface area contributed by atoms with Crippen molar-refractivity contribution < 1.29 is 9.90 Å². The third-order valence-electron chi connectivity index (χ3n) is 1.91. The summed E-state index contributed by atoms with van der Waals surface area (Å²) in [5, 5.41) is 9.55. The molecule has 1 rings (SSSR count). The lowest BCUT2D eigenvalue weighted by Crippen LogP contribution is -2.27. The van der Waals surface area contributed by atoms with Crippen molar-refractivity contribution in [2.45, 2.75) is 6.04 Å². The first-order valence-electron chi connectivity index (χ1n) is 4.17. The van der Waals surface area contributed by atoms with Gasteiger partial charge in [0.25, 0.3) is 0 Å². The van der Waals surface area contributed by atoms with Gasteiger partial charge in [-0.05, 0) is 31.8 Å². The molecule has 14 heavy (non-hydrogen) atoms. The van der Waals surface area contributed by atoms with E-state index in [2.05, 4.69) is 0 Å². The third-order valence-corrected chi connectivity index (χ3v) is 2.15. The normalized spacial score (nSPS) is 12.9. The number of carboxylic acid groups (broad SMARTS) is 1. The van der Waals surface area contributed by atoms with Crippen LogP contribution in [0.4, 0.5) is 0 Å². The standard InChI is InChI=1S/C10H12ClNO2/c1-12(2)9(10(13)14)7-4-3-5-8(11)6-7/h3-6,9H,1-2H3,(H,13,14)/t9-/m0/s1. The predicted octanol–water partition coefficient (Wildman–Crippen LogP) is 2.03. The van der Waals surface area contributed by atoms with Gasteiger partial charge in [-0.25, -0.2) is 0 Å². The molecule has 0 radical (unpaired) electrons. The maximum Gasteiger partial charge on any atom is 0.325 e. The van der Waals surface area contributed by atoms with Crippen LogP contribution in [0.5, 0.6) is 0 Å². The monoisotopic (exact) mass is 213 g/mol. The molecule has 1 atom stereocenters. The average Bonchev–Trinajstić information content (AvgIpc) is 2.02. The zero-order chi connectivity index (χ0) is 10.7. The highest BCUT2D eigenvalue weighted by molar-refractivity contribution is 6.30. The maximum atomic E-state index is 11.0. The molecule has 0 aliphatic rings. The highest BCUT2D eigenvalue weighted by atomic mass is 35.5. The number of carboxylic acids is 1. The summed E-state index contributed by atoms with van der Waals surface area (Å²) >= 11 is 5.79. The molecule has 0 saturated carbocycles. The smallest absolute Gasteiger partial charge is 0.325 e. The zero-order valence-corrected chi connectivity index (χ0v) is 8.82. The number of halogens is 1. The second-order valence-corrected chi connectivity index (χ2v) is 3.70. The molecule has 0 spiro atoms. The van der Waals surface area contributed by atoms with Crippen molar-refractivity contribution in [2.75, 3.05) is 14.1 Å². The Morgan fingerprint density at radius 3 is 2.57 bits per heavy atom. The molecule has 0 fully saturated rings. The number of likely N-dealkylation sites (N-methyl/N-ethyl adjacent to an activating group) is 1. The van der Waals surface area contributed by atoms with E-state index in [4.69, 9.17) is 16.7 Å². The minimum atomic E-state index is -0.878. The lowest BCUT2D eigenvalue weighted by Gasteiger charge is -2.20. The summed E-state index contributed by atoms with van der Waals surface area (Å²) in [6.45, 7) is 0. The maximum absolute atomic E-state index is 11.0. The zero-order valence-electron chi connectivity index (χ0n) is 8.07. The van der Waals surface area contributed by atoms with Crippen molar-refractivity contribution in [2.24, 2.45) is 0 Å². The fraction of sp³-hybridized carbons (Fsp3) is 0.300. The number of aliphatic carboxylic acids is 1. The fourth-order valence-electron chi connectivity index (χ4n) is 1.34. The van der Waals surface area contributed by atoms with Crippen molar-refractivity contribution >= 4 is 17.6 Å². The van der Waals surface area contributed by atoms with Crippen LogP contribution < -0.4 is 0 Å². The molecule has 0 aliphatic heterocycles. The molecule has 0 saturated heterocycles. The van der Waals surface area contributed by atoms with Crippen LogP contribution in [0.25, 0.3) is 0 Å². The van der Waals surface area contributed by atoms with Gasteiger partial charge in [0.2, 0.25) is 0 Å². The van der Waals surface area contributed by atoms with Gasteiger partial charge < -0.3 is 5.11 Å². The highest BCUT2D eigenvalue weighted by Crippen LogP contribution is 2.21. The Morgan fingerprint density at radius 2 is 2.14 bits per heavy atom. The van der Waals surface area contributed by atoms with Crippen molar-refractivity contribution in [3.8, 4) is 0 Å². The van der Waals surface area contributed by atoms with E-state index in [0.717, 1.165) is 0 Å². The van der Waals surface area contributed by atoms with E-state index < -0.39 is 12.0 Å². The second kappa shape index (κ2) is 4.44. The van der Waals surface area contributed by atoms with E-state index >= 15 is 0 Å². The van der Waals surface area contributed by atoms with Gasteiger partial charge in [0.1, 0.15) is 6.04 Å². The van der Waals surface area contributed by atoms with E-state index in [1.54, 1.807) is 43.3 Å². The van der Waals surface area contributed by atoms with Crippen LogP contribution in [0.2, 0.25) is 5.02 Å². The van der Waals surface area contributed by atoms with Crippen LogP contribution in [-0.2, 0) is 4.79 Å². The largest absolute Gasteiger partial charge is 0.480 e. The Balaban J connectivity index is 3.05. The van der Waals surface area contributed by atoms with E-state index in [0.29, 0.717) is 10.6 Å². The molecular weight excluding hydrogens is 202 g/mol. The number of carbonyl (C=O) groups is 1. The van der Waals surface area contributed by atoms with Crippen molar-refractivity contribution in [3.63, 3.8) is 0 Å². The number of benzene rings is 1. The molecule has 3 nitrogen and oxygen atoms in total. The van der Waals surface area contributed by atoms with Gasteiger partial charge in [-0.2, -0.15) is 0 Å². The summed E-state index contributed by atoms with van der Waals surface area (Å²) in [4.78, 5) is 12.6. The van der Waals surface area contributed by atoms with Crippen LogP contribution in [0.3, 0.4) is 0 Å². The summed E-state index contributed by atoms with van der Waals surface area (Å²) in [5.74, 6) is -0.878. The van der Waals surface area contributed by atoms with Crippen LogP contribution in [-0.4, -0.2) is 30.1 Å². The molecular formula is C10H12ClNO2. The van der Waals surface area contributed by atoms with E-state index in [9.17, 15) is 4.79 Å². The summed E-state index contributed by atoms with van der Waals surface area (Å²) in [7, 11) is 3.44. The Hall–Kier alpha value is -1.06. The van der Waals surface area contributed by atoms with Crippen molar-refractivity contribution in [1.82, 2.24) is 4.90 Å². The lowest BCUT2D eigenvalue weighted by molar-refractivity contribution is -0.142. The SMILES string of the molecule is CN(C)[C@H](C(=O)O)c1cccc(Cl)c1. The molecule has 1 N–H and O–H groups in total. The summed E-state index contributed by atoms with van der Waals surface area (Å²) < 4.78 is 0. The van der Waals surface area contributed by atoms with Gasteiger partial charge in [0.05, 0.1) is 0 Å². The fourth-order valence-corrected chi connectivity index (χ4v) is 1.54. The van der Waals surface area contributed by atoms with E-state index in [1.165, 1.54) is 0 Å². The van der Waals surface area contributed by atoms with Gasteiger partial charge >= 0.3 is 5.97 Å². The third kappa shape index (κ3) is 2.47. The van der Waals surface area contributed by atoms with Crippen molar-refractivity contribution in [1.29, 1.82) is 0 Å². The van der Waals surface area contributed by atoms with Crippen molar-refractivity contribution in [3.05, 3.63) is 34.9 Å². The molecule has 1 aromatic carbocycles. The predicted molar refractivity (Wildman–Crippen MR) is 55.5 cm³/mol. The van der Waals surface area contributed by atoms with Gasteiger partial charge in [-0.15, -0.1) is 0 Å². The Morgan fingerprint density at radius 1 is 1.50 bits per heavy atom. The first-order chi connectivity index (χ1) is 6.52. The number of hydrogen-bond acceptors (Lipinski definition) is 2. The molecule has 0 amide bonds. The van der Waals surface area contributed by atoms with Crippen LogP contribution >= 0.6 is 11.6 Å². The second-order valence-electron chi connectivity index (χ2n) is 3.26. The van der Waals surface area contributed by atoms with Crippen LogP contribution in [0.15, 0.2) is 24.3 Å². The van der Waals surface area contributed by atoms with E-state index in [1.807, 2.05) is 0 Å². The molecule has 4 heteroatoms. The Kier molecular flexibility index (Phi) is 3.49. The molecule has 0 heterocycles. The molecule has 0 bridgehead atoms. The number of rotatable bonds is 3. The van der Waals surface area contributed by atoms with Gasteiger partial charge in [-0.3, -0.25) is 9.69 Å².